The van der Waals surface area contributed by atoms with Crippen LogP contribution in [0, 0.1) is 6.57 Å². The summed E-state index contributed by atoms with van der Waals surface area (Å²) in [6.07, 6.45) is 3.09. The van der Waals surface area contributed by atoms with Crippen LogP contribution in [-0.2, 0) is 4.74 Å². The Labute approximate surface area is 95.9 Å². The van der Waals surface area contributed by atoms with Gasteiger partial charge in [-0.25, -0.2) is 9.64 Å². The number of hydrogen-bond donors (Lipinski definition) is 0. The van der Waals surface area contributed by atoms with Crippen LogP contribution < -0.4 is 0 Å². The molecule has 0 saturated heterocycles. The Balaban J connectivity index is 2.44. The minimum Gasteiger partial charge on any atom is -0.462 e. The van der Waals surface area contributed by atoms with Crippen LogP contribution in [0.1, 0.15) is 36.5 Å². The highest BCUT2D eigenvalue weighted by atomic mass is 16.5. The maximum Gasteiger partial charge on any atom is 0.338 e. The number of carbonyl (C=O) groups excluding carboxylic acids is 1. The molecular weight excluding hydrogens is 202 g/mol. The van der Waals surface area contributed by atoms with Crippen molar-refractivity contribution in [2.24, 2.45) is 0 Å². The van der Waals surface area contributed by atoms with E-state index in [2.05, 4.69) is 11.8 Å². The van der Waals surface area contributed by atoms with Gasteiger partial charge < -0.3 is 4.74 Å². The molecule has 3 heteroatoms. The molecule has 0 saturated carbocycles. The summed E-state index contributed by atoms with van der Waals surface area (Å²) in [4.78, 5) is 14.8. The van der Waals surface area contributed by atoms with Crippen LogP contribution >= 0.6 is 0 Å². The van der Waals surface area contributed by atoms with E-state index in [4.69, 9.17) is 11.3 Å². The molecule has 0 unspecified atom stereocenters. The summed E-state index contributed by atoms with van der Waals surface area (Å²) in [5, 5.41) is 0. The molecule has 0 heterocycles. The fourth-order valence-corrected chi connectivity index (χ4v) is 1.27. The zero-order valence-corrected chi connectivity index (χ0v) is 9.40. The van der Waals surface area contributed by atoms with Gasteiger partial charge in [-0.05, 0) is 6.42 Å². The molecule has 0 aliphatic rings. The first-order valence-electron chi connectivity index (χ1n) is 5.42. The van der Waals surface area contributed by atoms with Crippen molar-refractivity contribution < 1.29 is 9.53 Å². The van der Waals surface area contributed by atoms with Crippen LogP contribution in [0.25, 0.3) is 4.85 Å². The number of esters is 1. The van der Waals surface area contributed by atoms with Gasteiger partial charge in [-0.15, -0.1) is 0 Å². The number of benzene rings is 1. The largest absolute Gasteiger partial charge is 0.462 e. The number of ether oxygens (including phenoxy) is 1. The summed E-state index contributed by atoms with van der Waals surface area (Å²) in [5.41, 5.74) is 1.03. The second-order valence-electron chi connectivity index (χ2n) is 3.50. The molecular formula is C13H15NO2. The number of unbranched alkanes of at least 4 members (excludes halogenated alkanes) is 2. The fraction of sp³-hybridized carbons (Fsp3) is 0.385. The summed E-state index contributed by atoms with van der Waals surface area (Å²) in [6.45, 7) is 9.36. The van der Waals surface area contributed by atoms with E-state index in [1.807, 2.05) is 0 Å². The van der Waals surface area contributed by atoms with Crippen molar-refractivity contribution in [3.63, 3.8) is 0 Å². The molecule has 0 N–H and O–H groups in total. The standard InChI is InChI=1S/C13H15NO2/c1-3-4-5-10-16-13(15)11-6-8-12(14-2)9-7-11/h6-9H,3-5,10H2,1H3. The first-order chi connectivity index (χ1) is 7.77. The molecule has 0 aromatic heterocycles. The Kier molecular flexibility index (Phi) is 5.07. The van der Waals surface area contributed by atoms with Crippen LogP contribution in [0.4, 0.5) is 5.69 Å². The number of nitrogens with zero attached hydrogens (tertiary/aromatic N) is 1. The lowest BCUT2D eigenvalue weighted by atomic mass is 10.2. The lowest BCUT2D eigenvalue weighted by Crippen LogP contribution is -2.05. The Morgan fingerprint density at radius 1 is 1.31 bits per heavy atom. The molecule has 16 heavy (non-hydrogen) atoms. The molecule has 0 atom stereocenters. The highest BCUT2D eigenvalue weighted by Gasteiger charge is 2.05. The summed E-state index contributed by atoms with van der Waals surface area (Å²) in [7, 11) is 0. The SMILES string of the molecule is [C-]#[N+]c1ccc(C(=O)OCCCCC)cc1. The minimum atomic E-state index is -0.312. The maximum absolute atomic E-state index is 11.5. The van der Waals surface area contributed by atoms with Crippen molar-refractivity contribution in [3.8, 4) is 0 Å². The average molecular weight is 217 g/mol. The van der Waals surface area contributed by atoms with Gasteiger partial charge in [-0.1, -0.05) is 44.0 Å². The second-order valence-corrected chi connectivity index (χ2v) is 3.50. The van der Waals surface area contributed by atoms with E-state index in [1.54, 1.807) is 24.3 Å². The van der Waals surface area contributed by atoms with E-state index < -0.39 is 0 Å². The molecule has 0 spiro atoms. The van der Waals surface area contributed by atoms with Crippen molar-refractivity contribution in [1.82, 2.24) is 0 Å². The van der Waals surface area contributed by atoms with Crippen molar-refractivity contribution >= 4 is 11.7 Å². The summed E-state index contributed by atoms with van der Waals surface area (Å²) >= 11 is 0. The van der Waals surface area contributed by atoms with Gasteiger partial charge >= 0.3 is 5.97 Å². The van der Waals surface area contributed by atoms with Gasteiger partial charge in [0.1, 0.15) is 0 Å². The topological polar surface area (TPSA) is 30.7 Å². The van der Waals surface area contributed by atoms with Gasteiger partial charge in [0, 0.05) is 0 Å². The monoisotopic (exact) mass is 217 g/mol. The van der Waals surface area contributed by atoms with Gasteiger partial charge in [0.2, 0.25) is 0 Å². The molecule has 0 bridgehead atoms. The predicted molar refractivity (Wildman–Crippen MR) is 62.5 cm³/mol. The fourth-order valence-electron chi connectivity index (χ4n) is 1.27. The Morgan fingerprint density at radius 2 is 2.00 bits per heavy atom. The van der Waals surface area contributed by atoms with E-state index in [0.717, 1.165) is 19.3 Å². The summed E-state index contributed by atoms with van der Waals surface area (Å²) in [6, 6.07) is 6.48. The second kappa shape index (κ2) is 6.62. The lowest BCUT2D eigenvalue weighted by molar-refractivity contribution is 0.0498. The molecule has 1 aromatic rings. The third kappa shape index (κ3) is 3.74. The van der Waals surface area contributed by atoms with Crippen molar-refractivity contribution in [1.29, 1.82) is 0 Å². The normalized spacial score (nSPS) is 9.50. The molecule has 1 rings (SSSR count). The first-order valence-corrected chi connectivity index (χ1v) is 5.42. The Morgan fingerprint density at radius 3 is 2.56 bits per heavy atom. The quantitative estimate of drug-likeness (QED) is 0.428. The zero-order chi connectivity index (χ0) is 11.8. The minimum absolute atomic E-state index is 0.312. The van der Waals surface area contributed by atoms with E-state index in [0.29, 0.717) is 17.9 Å². The van der Waals surface area contributed by atoms with E-state index >= 15 is 0 Å². The van der Waals surface area contributed by atoms with Crippen LogP contribution in [0.3, 0.4) is 0 Å². The third-order valence-corrected chi connectivity index (χ3v) is 2.21. The van der Waals surface area contributed by atoms with Gasteiger partial charge in [0.25, 0.3) is 0 Å². The maximum atomic E-state index is 11.5. The molecule has 0 radical (unpaired) electrons. The van der Waals surface area contributed by atoms with Gasteiger partial charge in [-0.2, -0.15) is 0 Å². The van der Waals surface area contributed by atoms with E-state index in [-0.39, 0.29) is 5.97 Å². The van der Waals surface area contributed by atoms with Gasteiger partial charge in [0.05, 0.1) is 18.7 Å². The lowest BCUT2D eigenvalue weighted by Gasteiger charge is -2.03. The number of hydrogen-bond acceptors (Lipinski definition) is 2. The molecule has 84 valence electrons. The summed E-state index contributed by atoms with van der Waals surface area (Å²) in [5.74, 6) is -0.312. The third-order valence-electron chi connectivity index (χ3n) is 2.21. The molecule has 1 aromatic carbocycles. The Bertz CT molecular complexity index is 376. The van der Waals surface area contributed by atoms with Gasteiger partial charge in [-0.3, -0.25) is 0 Å². The number of rotatable bonds is 5. The number of carbonyl (C=O) groups is 1. The van der Waals surface area contributed by atoms with Gasteiger partial charge in [0.15, 0.2) is 5.69 Å². The smallest absolute Gasteiger partial charge is 0.338 e. The average Bonchev–Trinajstić information content (AvgIpc) is 2.34. The molecule has 0 amide bonds. The van der Waals surface area contributed by atoms with Crippen molar-refractivity contribution in [2.75, 3.05) is 6.61 Å². The first kappa shape index (κ1) is 12.3. The molecule has 0 aliphatic heterocycles. The van der Waals surface area contributed by atoms with Crippen LogP contribution in [-0.4, -0.2) is 12.6 Å². The zero-order valence-electron chi connectivity index (χ0n) is 9.40. The molecule has 0 aliphatic carbocycles. The van der Waals surface area contributed by atoms with Crippen LogP contribution in [0.2, 0.25) is 0 Å². The van der Waals surface area contributed by atoms with Crippen molar-refractivity contribution in [2.45, 2.75) is 26.2 Å². The molecule has 3 nitrogen and oxygen atoms in total. The summed E-state index contributed by atoms with van der Waals surface area (Å²) < 4.78 is 5.09. The predicted octanol–water partition coefficient (Wildman–Crippen LogP) is 3.58. The Hall–Kier alpha value is -1.82. The highest BCUT2D eigenvalue weighted by molar-refractivity contribution is 5.89. The van der Waals surface area contributed by atoms with E-state index in [1.165, 1.54) is 0 Å². The molecule has 0 fully saturated rings. The van der Waals surface area contributed by atoms with Crippen LogP contribution in [0.15, 0.2) is 24.3 Å². The van der Waals surface area contributed by atoms with Crippen LogP contribution in [0.5, 0.6) is 0 Å². The van der Waals surface area contributed by atoms with E-state index in [9.17, 15) is 4.79 Å². The van der Waals surface area contributed by atoms with Crippen molar-refractivity contribution in [3.05, 3.63) is 41.2 Å². The highest BCUT2D eigenvalue weighted by Crippen LogP contribution is 2.13.